The van der Waals surface area contributed by atoms with E-state index in [-0.39, 0.29) is 10.9 Å². The van der Waals surface area contributed by atoms with Gasteiger partial charge in [-0.25, -0.2) is 9.89 Å². The fourth-order valence-corrected chi connectivity index (χ4v) is 2.95. The van der Waals surface area contributed by atoms with Crippen molar-refractivity contribution in [3.8, 4) is 11.4 Å². The molecule has 0 spiro atoms. The van der Waals surface area contributed by atoms with E-state index >= 15 is 0 Å². The van der Waals surface area contributed by atoms with Crippen LogP contribution in [0, 0.1) is 0 Å². The number of hydrogen-bond donors (Lipinski definition) is 1. The number of hydrogen-bond acceptors (Lipinski definition) is 7. The fourth-order valence-electron chi connectivity index (χ4n) is 2.04. The van der Waals surface area contributed by atoms with E-state index in [4.69, 9.17) is 4.52 Å². The van der Waals surface area contributed by atoms with Gasteiger partial charge in [0.2, 0.25) is 11.7 Å². The highest BCUT2D eigenvalue weighted by molar-refractivity contribution is 7.99. The molecule has 0 saturated carbocycles. The second-order valence-corrected chi connectivity index (χ2v) is 6.23. The molecule has 0 saturated heterocycles. The average molecular weight is 332 g/mol. The molecule has 23 heavy (non-hydrogen) atoms. The molecule has 0 aliphatic heterocycles. The van der Waals surface area contributed by atoms with E-state index in [2.05, 4.69) is 25.3 Å². The molecule has 120 valence electrons. The van der Waals surface area contributed by atoms with E-state index in [0.29, 0.717) is 23.4 Å². The number of aromatic amines is 1. The number of H-pyrrole nitrogens is 1. The van der Waals surface area contributed by atoms with Crippen LogP contribution in [0.3, 0.4) is 0 Å². The SMILES string of the molecule is CCCn1c(SC(C)c2nc(-c3cccnc3)no2)n[nH]c1=O. The van der Waals surface area contributed by atoms with Gasteiger partial charge in [0.1, 0.15) is 0 Å². The minimum Gasteiger partial charge on any atom is -0.338 e. The minimum atomic E-state index is -0.205. The molecule has 3 aromatic rings. The molecule has 1 atom stereocenters. The maximum absolute atomic E-state index is 11.7. The minimum absolute atomic E-state index is 0.126. The Morgan fingerprint density at radius 2 is 2.35 bits per heavy atom. The Hall–Kier alpha value is -2.42. The number of pyridine rings is 1. The van der Waals surface area contributed by atoms with E-state index in [9.17, 15) is 4.79 Å². The quantitative estimate of drug-likeness (QED) is 0.691. The number of nitrogens with one attached hydrogen (secondary N) is 1. The van der Waals surface area contributed by atoms with Gasteiger partial charge in [0, 0.05) is 24.5 Å². The molecule has 0 radical (unpaired) electrons. The largest absolute Gasteiger partial charge is 0.343 e. The zero-order valence-corrected chi connectivity index (χ0v) is 13.6. The zero-order valence-electron chi connectivity index (χ0n) is 12.8. The van der Waals surface area contributed by atoms with Crippen molar-refractivity contribution < 1.29 is 4.52 Å². The summed E-state index contributed by atoms with van der Waals surface area (Å²) in [5, 5.41) is 11.0. The van der Waals surface area contributed by atoms with Crippen LogP contribution in [0.5, 0.6) is 0 Å². The van der Waals surface area contributed by atoms with Crippen molar-refractivity contribution in [2.45, 2.75) is 37.2 Å². The van der Waals surface area contributed by atoms with Crippen LogP contribution in [0.25, 0.3) is 11.4 Å². The van der Waals surface area contributed by atoms with E-state index in [1.165, 1.54) is 11.8 Å². The second-order valence-electron chi connectivity index (χ2n) is 4.92. The summed E-state index contributed by atoms with van der Waals surface area (Å²) < 4.78 is 6.94. The van der Waals surface area contributed by atoms with Crippen molar-refractivity contribution in [1.29, 1.82) is 0 Å². The molecule has 0 aromatic carbocycles. The number of thioether (sulfide) groups is 1. The average Bonchev–Trinajstić information content (AvgIpc) is 3.18. The third kappa shape index (κ3) is 3.34. The van der Waals surface area contributed by atoms with Gasteiger partial charge in [0.25, 0.3) is 0 Å². The van der Waals surface area contributed by atoms with Gasteiger partial charge < -0.3 is 4.52 Å². The maximum Gasteiger partial charge on any atom is 0.343 e. The summed E-state index contributed by atoms with van der Waals surface area (Å²) in [6.07, 6.45) is 4.22. The summed E-state index contributed by atoms with van der Waals surface area (Å²) in [6.45, 7) is 4.56. The van der Waals surface area contributed by atoms with Gasteiger partial charge in [-0.15, -0.1) is 5.10 Å². The van der Waals surface area contributed by atoms with E-state index < -0.39 is 0 Å². The molecule has 8 nitrogen and oxygen atoms in total. The Kier molecular flexibility index (Phi) is 4.56. The Balaban J connectivity index is 1.78. The first-order valence-electron chi connectivity index (χ1n) is 7.25. The predicted molar refractivity (Wildman–Crippen MR) is 84.9 cm³/mol. The van der Waals surface area contributed by atoms with Crippen molar-refractivity contribution in [3.05, 3.63) is 40.9 Å². The van der Waals surface area contributed by atoms with Crippen LogP contribution in [0.15, 0.2) is 39.0 Å². The smallest absolute Gasteiger partial charge is 0.338 e. The molecule has 0 amide bonds. The van der Waals surface area contributed by atoms with Crippen LogP contribution >= 0.6 is 11.8 Å². The lowest BCUT2D eigenvalue weighted by Gasteiger charge is -2.06. The fraction of sp³-hybridized carbons (Fsp3) is 0.357. The van der Waals surface area contributed by atoms with Gasteiger partial charge in [-0.2, -0.15) is 4.98 Å². The summed E-state index contributed by atoms with van der Waals surface area (Å²) in [5.74, 6) is 0.973. The molecule has 3 rings (SSSR count). The summed E-state index contributed by atoms with van der Waals surface area (Å²) in [6, 6.07) is 3.68. The van der Waals surface area contributed by atoms with Crippen molar-refractivity contribution in [1.82, 2.24) is 29.9 Å². The predicted octanol–water partition coefficient (Wildman–Crippen LogP) is 2.28. The lowest BCUT2D eigenvalue weighted by molar-refractivity contribution is 0.380. The first-order valence-corrected chi connectivity index (χ1v) is 8.13. The van der Waals surface area contributed by atoms with Gasteiger partial charge in [-0.05, 0) is 25.5 Å². The second kappa shape index (κ2) is 6.78. The van der Waals surface area contributed by atoms with E-state index in [1.54, 1.807) is 17.0 Å². The lowest BCUT2D eigenvalue weighted by atomic mass is 10.3. The summed E-state index contributed by atoms with van der Waals surface area (Å²) in [7, 11) is 0. The Morgan fingerprint density at radius 1 is 1.48 bits per heavy atom. The molecule has 3 heterocycles. The molecule has 3 aromatic heterocycles. The molecule has 9 heteroatoms. The van der Waals surface area contributed by atoms with Crippen molar-refractivity contribution >= 4 is 11.8 Å². The normalized spacial score (nSPS) is 12.4. The van der Waals surface area contributed by atoms with Crippen LogP contribution in [0.4, 0.5) is 0 Å². The molecular weight excluding hydrogens is 316 g/mol. The van der Waals surface area contributed by atoms with Gasteiger partial charge >= 0.3 is 5.69 Å². The highest BCUT2D eigenvalue weighted by Gasteiger charge is 2.20. The maximum atomic E-state index is 11.7. The van der Waals surface area contributed by atoms with Crippen LogP contribution in [-0.2, 0) is 6.54 Å². The Morgan fingerprint density at radius 3 is 3.09 bits per heavy atom. The molecule has 1 unspecified atom stereocenters. The van der Waals surface area contributed by atoms with Gasteiger partial charge in [-0.3, -0.25) is 9.55 Å². The molecule has 1 N–H and O–H groups in total. The Labute approximate surface area is 136 Å². The molecule has 0 aliphatic carbocycles. The first-order chi connectivity index (χ1) is 11.2. The summed E-state index contributed by atoms with van der Waals surface area (Å²) in [4.78, 5) is 20.1. The Bertz CT molecular complexity index is 825. The van der Waals surface area contributed by atoms with E-state index in [0.717, 1.165) is 12.0 Å². The van der Waals surface area contributed by atoms with E-state index in [1.807, 2.05) is 26.0 Å². The molecular formula is C14H16N6O2S. The van der Waals surface area contributed by atoms with Crippen molar-refractivity contribution in [3.63, 3.8) is 0 Å². The molecule has 0 aliphatic rings. The molecule has 0 fully saturated rings. The third-order valence-electron chi connectivity index (χ3n) is 3.16. The lowest BCUT2D eigenvalue weighted by Crippen LogP contribution is -2.17. The van der Waals surface area contributed by atoms with Gasteiger partial charge in [0.15, 0.2) is 5.16 Å². The van der Waals surface area contributed by atoms with Crippen molar-refractivity contribution in [2.75, 3.05) is 0 Å². The standard InChI is InChI=1S/C14H16N6O2S/c1-3-7-20-13(21)17-18-14(20)23-9(2)12-16-11(19-22-12)10-5-4-6-15-8-10/h4-6,8-9H,3,7H2,1-2H3,(H,17,21). The number of nitrogens with zero attached hydrogens (tertiary/aromatic N) is 5. The monoisotopic (exact) mass is 332 g/mol. The van der Waals surface area contributed by atoms with Crippen molar-refractivity contribution in [2.24, 2.45) is 0 Å². The van der Waals surface area contributed by atoms with Crippen LogP contribution < -0.4 is 5.69 Å². The highest BCUT2D eigenvalue weighted by atomic mass is 32.2. The third-order valence-corrected chi connectivity index (χ3v) is 4.24. The number of aromatic nitrogens is 6. The summed E-state index contributed by atoms with van der Waals surface area (Å²) >= 11 is 1.40. The van der Waals surface area contributed by atoms with Crippen LogP contribution in [0.1, 0.15) is 31.4 Å². The van der Waals surface area contributed by atoms with Gasteiger partial charge in [-0.1, -0.05) is 23.8 Å². The summed E-state index contributed by atoms with van der Waals surface area (Å²) in [5.41, 5.74) is 0.588. The van der Waals surface area contributed by atoms with Crippen LogP contribution in [-0.4, -0.2) is 29.9 Å². The first kappa shape index (κ1) is 15.5. The zero-order chi connectivity index (χ0) is 16.2. The highest BCUT2D eigenvalue weighted by Crippen LogP contribution is 2.32. The van der Waals surface area contributed by atoms with Gasteiger partial charge in [0.05, 0.1) is 5.25 Å². The number of rotatable bonds is 6. The topological polar surface area (TPSA) is 102 Å². The molecule has 0 bridgehead atoms. The van der Waals surface area contributed by atoms with Crippen LogP contribution in [0.2, 0.25) is 0 Å².